The molecule has 9 aromatic carbocycles. The number of nitriles is 6. The molecule has 8 nitrogen and oxygen atoms in total. The lowest BCUT2D eigenvalue weighted by atomic mass is 9.91. The van der Waals surface area contributed by atoms with Crippen LogP contribution in [0.2, 0.25) is 0 Å². The Morgan fingerprint density at radius 1 is 0.333 bits per heavy atom. The summed E-state index contributed by atoms with van der Waals surface area (Å²) in [6, 6.07) is 64.6. The lowest BCUT2D eigenvalue weighted by molar-refractivity contribution is -0.137. The third kappa shape index (κ3) is 7.20. The fourth-order valence-electron chi connectivity index (χ4n) is 9.94. The van der Waals surface area contributed by atoms with E-state index in [4.69, 9.17) is 0 Å². The number of fused-ring (bicyclic) bond motifs is 6. The van der Waals surface area contributed by atoms with E-state index in [2.05, 4.69) is 39.5 Å². The molecule has 0 unspecified atom stereocenters. The largest absolute Gasteiger partial charge is 0.416 e. The van der Waals surface area contributed by atoms with E-state index < -0.39 is 11.7 Å². The Morgan fingerprint density at radius 3 is 1.32 bits per heavy atom. The summed E-state index contributed by atoms with van der Waals surface area (Å²) in [5.41, 5.74) is 9.65. The highest BCUT2D eigenvalue weighted by Gasteiger charge is 2.31. The predicted octanol–water partition coefficient (Wildman–Crippen LogP) is 14.8. The number of hydrogen-bond acceptors (Lipinski definition) is 6. The molecule has 72 heavy (non-hydrogen) atoms. The van der Waals surface area contributed by atoms with Gasteiger partial charge in [-0.2, -0.15) is 44.7 Å². The number of halogens is 3. The quantitative estimate of drug-likeness (QED) is 0.162. The lowest BCUT2D eigenvalue weighted by Gasteiger charge is -2.21. The molecule has 0 saturated heterocycles. The van der Waals surface area contributed by atoms with Crippen LogP contribution in [0, 0.1) is 68.0 Å². The van der Waals surface area contributed by atoms with Crippen LogP contribution in [0.3, 0.4) is 0 Å². The van der Waals surface area contributed by atoms with Gasteiger partial charge in [-0.3, -0.25) is 0 Å². The molecule has 11 heteroatoms. The first-order valence-corrected chi connectivity index (χ1v) is 22.3. The van der Waals surface area contributed by atoms with E-state index in [-0.39, 0.29) is 11.1 Å². The van der Waals surface area contributed by atoms with Gasteiger partial charge in [0, 0.05) is 32.7 Å². The van der Waals surface area contributed by atoms with Gasteiger partial charge in [0.05, 0.1) is 109 Å². The highest BCUT2D eigenvalue weighted by Crippen LogP contribution is 2.45. The molecule has 0 N–H and O–H groups in total. The maximum atomic E-state index is 14.0. The third-order valence-corrected chi connectivity index (χ3v) is 13.1. The Bertz CT molecular complexity index is 4350. The average molecular weight is 931 g/mol. The van der Waals surface area contributed by atoms with Gasteiger partial charge in [-0.15, -0.1) is 0 Å². The normalized spacial score (nSPS) is 11.2. The number of aromatic nitrogens is 2. The van der Waals surface area contributed by atoms with Crippen LogP contribution in [0.25, 0.3) is 99.5 Å². The smallest absolute Gasteiger partial charge is 0.309 e. The minimum Gasteiger partial charge on any atom is -0.309 e. The van der Waals surface area contributed by atoms with Crippen molar-refractivity contribution >= 4 is 43.6 Å². The molecular formula is C61H29F3N8. The molecular weight excluding hydrogens is 902 g/mol. The van der Waals surface area contributed by atoms with Gasteiger partial charge in [0.25, 0.3) is 0 Å². The van der Waals surface area contributed by atoms with Gasteiger partial charge in [-0.25, -0.2) is 0 Å². The lowest BCUT2D eigenvalue weighted by Crippen LogP contribution is -2.06. The predicted molar refractivity (Wildman–Crippen MR) is 270 cm³/mol. The van der Waals surface area contributed by atoms with Crippen LogP contribution in [0.15, 0.2) is 176 Å². The number of alkyl halides is 3. The zero-order valence-electron chi connectivity index (χ0n) is 37.5. The summed E-state index contributed by atoms with van der Waals surface area (Å²) < 4.78 is 46.3. The molecule has 11 rings (SSSR count). The molecule has 0 bridgehead atoms. The Kier molecular flexibility index (Phi) is 10.4. The Balaban J connectivity index is 1.22. The molecule has 0 aliphatic carbocycles. The Hall–Kier alpha value is -10.7. The van der Waals surface area contributed by atoms with E-state index in [0.717, 1.165) is 66.9 Å². The Morgan fingerprint density at radius 2 is 0.819 bits per heavy atom. The van der Waals surface area contributed by atoms with Gasteiger partial charge in [0.2, 0.25) is 0 Å². The van der Waals surface area contributed by atoms with Crippen molar-refractivity contribution in [3.05, 3.63) is 215 Å². The summed E-state index contributed by atoms with van der Waals surface area (Å²) in [5, 5.41) is 64.1. The summed E-state index contributed by atoms with van der Waals surface area (Å²) in [6.07, 6.45) is -4.68. The van der Waals surface area contributed by atoms with Crippen LogP contribution in [-0.4, -0.2) is 9.13 Å². The van der Waals surface area contributed by atoms with E-state index in [9.17, 15) is 44.7 Å². The first kappa shape index (κ1) is 43.9. The van der Waals surface area contributed by atoms with Crippen molar-refractivity contribution in [2.75, 3.05) is 0 Å². The third-order valence-electron chi connectivity index (χ3n) is 13.1. The van der Waals surface area contributed by atoms with Crippen molar-refractivity contribution in [1.29, 1.82) is 31.6 Å². The molecule has 0 aliphatic heterocycles. The van der Waals surface area contributed by atoms with E-state index in [1.54, 1.807) is 48.5 Å². The second kappa shape index (κ2) is 17.1. The van der Waals surface area contributed by atoms with Crippen LogP contribution in [0.5, 0.6) is 0 Å². The van der Waals surface area contributed by atoms with E-state index >= 15 is 0 Å². The van der Waals surface area contributed by atoms with Crippen molar-refractivity contribution in [2.24, 2.45) is 0 Å². The van der Waals surface area contributed by atoms with Gasteiger partial charge in [-0.1, -0.05) is 66.7 Å². The monoisotopic (exact) mass is 930 g/mol. The summed E-state index contributed by atoms with van der Waals surface area (Å²) >= 11 is 0. The van der Waals surface area contributed by atoms with Gasteiger partial charge in [0.1, 0.15) is 0 Å². The van der Waals surface area contributed by atoms with E-state index in [1.165, 1.54) is 12.1 Å². The van der Waals surface area contributed by atoms with Crippen molar-refractivity contribution in [3.8, 4) is 92.3 Å². The molecule has 0 atom stereocenters. The summed E-state index contributed by atoms with van der Waals surface area (Å²) in [4.78, 5) is 0. The number of nitrogens with zero attached hydrogens (tertiary/aromatic N) is 8. The fourth-order valence-corrected chi connectivity index (χ4v) is 9.94. The number of hydrogen-bond donors (Lipinski definition) is 0. The highest BCUT2D eigenvalue weighted by atomic mass is 19.4. The van der Waals surface area contributed by atoms with Crippen LogP contribution < -0.4 is 0 Å². The van der Waals surface area contributed by atoms with Crippen LogP contribution in [0.4, 0.5) is 13.2 Å². The zero-order chi connectivity index (χ0) is 49.8. The highest BCUT2D eigenvalue weighted by molar-refractivity contribution is 6.13. The minimum absolute atomic E-state index is 0.179. The molecule has 334 valence electrons. The van der Waals surface area contributed by atoms with Gasteiger partial charge in [-0.05, 0) is 143 Å². The topological polar surface area (TPSA) is 153 Å². The van der Waals surface area contributed by atoms with Crippen LogP contribution in [-0.2, 0) is 6.18 Å². The van der Waals surface area contributed by atoms with Crippen molar-refractivity contribution in [1.82, 2.24) is 9.13 Å². The zero-order valence-corrected chi connectivity index (χ0v) is 37.5. The molecule has 0 aliphatic rings. The summed E-state index contributed by atoms with van der Waals surface area (Å²) in [5.74, 6) is 0. The fraction of sp³-hybridized carbons (Fsp3) is 0.0164. The second-order valence-electron chi connectivity index (χ2n) is 17.1. The van der Waals surface area contributed by atoms with Crippen LogP contribution in [0.1, 0.15) is 38.9 Å². The molecule has 11 aromatic rings. The standard InChI is InChI=1S/C61H29F3N8/c62-61(63,64)47-15-16-48(46(26-47)35-70)42-14-19-58(71-54-9-3-1-7-49(54)51-27-40(12-17-56(51)71)44-22-36(30-65)20-37(23-44)31-66)53(29-42)60-43(34-69)6-5-11-59(60)72-55-10-4-2-8-50(55)52-28-41(13-18-57(52)72)45-24-38(32-67)21-39(25-45)33-68/h1-29H. The molecule has 0 amide bonds. The molecule has 2 aromatic heterocycles. The van der Waals surface area contributed by atoms with Crippen molar-refractivity contribution < 1.29 is 13.2 Å². The number of rotatable bonds is 6. The molecule has 0 spiro atoms. The van der Waals surface area contributed by atoms with Gasteiger partial charge < -0.3 is 9.13 Å². The molecule has 2 heterocycles. The second-order valence-corrected chi connectivity index (χ2v) is 17.1. The average Bonchev–Trinajstić information content (AvgIpc) is 3.93. The maximum absolute atomic E-state index is 14.0. The van der Waals surface area contributed by atoms with E-state index in [0.29, 0.717) is 67.0 Å². The van der Waals surface area contributed by atoms with Crippen LogP contribution >= 0.6 is 0 Å². The van der Waals surface area contributed by atoms with Crippen molar-refractivity contribution in [3.63, 3.8) is 0 Å². The number of para-hydroxylation sites is 2. The first-order chi connectivity index (χ1) is 35.0. The molecule has 0 fully saturated rings. The number of benzene rings is 9. The van der Waals surface area contributed by atoms with Gasteiger partial charge >= 0.3 is 6.18 Å². The maximum Gasteiger partial charge on any atom is 0.416 e. The minimum atomic E-state index is -4.68. The first-order valence-electron chi connectivity index (χ1n) is 22.3. The van der Waals surface area contributed by atoms with Gasteiger partial charge in [0.15, 0.2) is 0 Å². The SMILES string of the molecule is N#Cc1cc(C#N)cc(-c2ccc3c(c2)c2ccccc2n3-c2ccc(-c3ccc(C(F)(F)F)cc3C#N)cc2-c2c(C#N)cccc2-n2c3ccccc3c3cc(-c4cc(C#N)cc(C#N)c4)ccc32)c1. The Labute approximate surface area is 409 Å². The van der Waals surface area contributed by atoms with Crippen molar-refractivity contribution in [2.45, 2.75) is 6.18 Å². The summed E-state index contributed by atoms with van der Waals surface area (Å²) in [6.45, 7) is 0. The molecule has 0 radical (unpaired) electrons. The summed E-state index contributed by atoms with van der Waals surface area (Å²) in [7, 11) is 0. The molecule has 0 saturated carbocycles. The van der Waals surface area contributed by atoms with E-state index in [1.807, 2.05) is 109 Å².